The van der Waals surface area contributed by atoms with Crippen molar-refractivity contribution in [2.24, 2.45) is 0 Å². The predicted molar refractivity (Wildman–Crippen MR) is 115 cm³/mol. The quantitative estimate of drug-likeness (QED) is 0.365. The number of benzene rings is 2. The molecule has 0 aliphatic carbocycles. The van der Waals surface area contributed by atoms with Crippen LogP contribution in [0, 0.1) is 0 Å². The zero-order chi connectivity index (χ0) is 20.9. The Morgan fingerprint density at radius 3 is 2.34 bits per heavy atom. The maximum absolute atomic E-state index is 13.0. The van der Waals surface area contributed by atoms with Crippen LogP contribution in [0.4, 0.5) is 4.79 Å². The van der Waals surface area contributed by atoms with E-state index >= 15 is 0 Å². The summed E-state index contributed by atoms with van der Waals surface area (Å²) >= 11 is 0. The van der Waals surface area contributed by atoms with Crippen LogP contribution in [0.3, 0.4) is 0 Å². The number of amides is 1. The van der Waals surface area contributed by atoms with Gasteiger partial charge >= 0.3 is 6.09 Å². The number of rotatable bonds is 12. The van der Waals surface area contributed by atoms with Crippen molar-refractivity contribution in [1.82, 2.24) is 5.32 Å². The minimum Gasteiger partial charge on any atom is -0.494 e. The first-order valence-electron chi connectivity index (χ1n) is 10.5. The summed E-state index contributed by atoms with van der Waals surface area (Å²) < 4.78 is 11.2. The lowest BCUT2D eigenvalue weighted by atomic mass is 10.0. The van der Waals surface area contributed by atoms with Crippen LogP contribution in [-0.2, 0) is 0 Å². The Morgan fingerprint density at radius 1 is 0.897 bits per heavy atom. The molecule has 1 N–H and O–H groups in total. The van der Waals surface area contributed by atoms with E-state index in [2.05, 4.69) is 12.2 Å². The van der Waals surface area contributed by atoms with Gasteiger partial charge in [0.25, 0.3) is 0 Å². The molecule has 2 rings (SSSR count). The summed E-state index contributed by atoms with van der Waals surface area (Å²) in [6.07, 6.45) is 6.51. The second-order valence-corrected chi connectivity index (χ2v) is 6.89. The molecule has 0 bridgehead atoms. The monoisotopic (exact) mass is 397 g/mol. The van der Waals surface area contributed by atoms with E-state index in [4.69, 9.17) is 9.47 Å². The van der Waals surface area contributed by atoms with Gasteiger partial charge in [-0.15, -0.1) is 0 Å². The average molecular weight is 398 g/mol. The molecule has 0 saturated carbocycles. The summed E-state index contributed by atoms with van der Waals surface area (Å²) in [4.78, 5) is 24.8. The first-order valence-corrected chi connectivity index (χ1v) is 10.5. The van der Waals surface area contributed by atoms with Gasteiger partial charge in [0.2, 0.25) is 0 Å². The van der Waals surface area contributed by atoms with Gasteiger partial charge in [0, 0.05) is 12.1 Å². The molecule has 156 valence electrons. The topological polar surface area (TPSA) is 64.6 Å². The number of hydrogen-bond donors (Lipinski definition) is 1. The SMILES string of the molecule is CCCCCCCCOc1ccc(OC(=O)NCC)c(C(=O)c2ccccc2)c1. The van der Waals surface area contributed by atoms with Crippen LogP contribution >= 0.6 is 0 Å². The maximum Gasteiger partial charge on any atom is 0.412 e. The molecule has 1 amide bonds. The summed E-state index contributed by atoms with van der Waals surface area (Å²) in [5, 5.41) is 2.57. The molecule has 29 heavy (non-hydrogen) atoms. The zero-order valence-electron chi connectivity index (χ0n) is 17.4. The van der Waals surface area contributed by atoms with Crippen LogP contribution in [0.15, 0.2) is 48.5 Å². The average Bonchev–Trinajstić information content (AvgIpc) is 2.74. The highest BCUT2D eigenvalue weighted by Gasteiger charge is 2.18. The third kappa shape index (κ3) is 7.60. The molecule has 0 aromatic heterocycles. The fourth-order valence-corrected chi connectivity index (χ4v) is 2.96. The molecule has 0 unspecified atom stereocenters. The van der Waals surface area contributed by atoms with Crippen molar-refractivity contribution < 1.29 is 19.1 Å². The van der Waals surface area contributed by atoms with E-state index in [1.165, 1.54) is 25.7 Å². The summed E-state index contributed by atoms with van der Waals surface area (Å²) in [5.74, 6) is 0.604. The largest absolute Gasteiger partial charge is 0.494 e. The number of carbonyl (C=O) groups is 2. The van der Waals surface area contributed by atoms with Crippen LogP contribution in [-0.4, -0.2) is 25.0 Å². The number of unbranched alkanes of at least 4 members (excludes halogenated alkanes) is 5. The number of ketones is 1. The number of nitrogens with one attached hydrogen (secondary N) is 1. The molecule has 2 aromatic carbocycles. The molecule has 0 spiro atoms. The van der Waals surface area contributed by atoms with Crippen LogP contribution in [0.5, 0.6) is 11.5 Å². The third-order valence-corrected chi connectivity index (χ3v) is 4.52. The molecule has 5 heteroatoms. The molecule has 0 atom stereocenters. The van der Waals surface area contributed by atoms with Gasteiger partial charge in [0.05, 0.1) is 12.2 Å². The van der Waals surface area contributed by atoms with Crippen molar-refractivity contribution in [2.45, 2.75) is 52.4 Å². The van der Waals surface area contributed by atoms with Crippen LogP contribution in [0.25, 0.3) is 0 Å². The van der Waals surface area contributed by atoms with Crippen LogP contribution in [0.1, 0.15) is 68.3 Å². The zero-order valence-corrected chi connectivity index (χ0v) is 17.4. The Hall–Kier alpha value is -2.82. The fraction of sp³-hybridized carbons (Fsp3) is 0.417. The van der Waals surface area contributed by atoms with Gasteiger partial charge in [-0.3, -0.25) is 4.79 Å². The second-order valence-electron chi connectivity index (χ2n) is 6.89. The Bertz CT molecular complexity index is 774. The smallest absolute Gasteiger partial charge is 0.412 e. The Balaban J connectivity index is 2.08. The van der Waals surface area contributed by atoms with Gasteiger partial charge < -0.3 is 14.8 Å². The van der Waals surface area contributed by atoms with Crippen molar-refractivity contribution in [3.63, 3.8) is 0 Å². The van der Waals surface area contributed by atoms with Gasteiger partial charge in [-0.1, -0.05) is 69.4 Å². The lowest BCUT2D eigenvalue weighted by Gasteiger charge is -2.13. The highest BCUT2D eigenvalue weighted by molar-refractivity contribution is 6.11. The maximum atomic E-state index is 13.0. The van der Waals surface area contributed by atoms with Gasteiger partial charge in [-0.25, -0.2) is 4.79 Å². The lowest BCUT2D eigenvalue weighted by molar-refractivity contribution is 0.103. The van der Waals surface area contributed by atoms with Crippen LogP contribution < -0.4 is 14.8 Å². The van der Waals surface area contributed by atoms with Crippen molar-refractivity contribution in [3.05, 3.63) is 59.7 Å². The molecule has 0 aliphatic heterocycles. The van der Waals surface area contributed by atoms with E-state index < -0.39 is 6.09 Å². The summed E-state index contributed by atoms with van der Waals surface area (Å²) in [5.41, 5.74) is 0.837. The molecule has 0 heterocycles. The molecule has 0 saturated heterocycles. The van der Waals surface area contributed by atoms with Gasteiger partial charge in [0.15, 0.2) is 5.78 Å². The second kappa shape index (κ2) is 12.6. The normalized spacial score (nSPS) is 10.4. The van der Waals surface area contributed by atoms with Gasteiger partial charge in [-0.2, -0.15) is 0 Å². The van der Waals surface area contributed by atoms with E-state index in [9.17, 15) is 9.59 Å². The summed E-state index contributed by atoms with van der Waals surface area (Å²) in [6, 6.07) is 13.9. The Kier molecular flexibility index (Phi) is 9.76. The summed E-state index contributed by atoms with van der Waals surface area (Å²) in [6.45, 7) is 5.05. The molecular formula is C24H31NO4. The van der Waals surface area contributed by atoms with Gasteiger partial charge in [0.1, 0.15) is 11.5 Å². The van der Waals surface area contributed by atoms with E-state index in [0.29, 0.717) is 30.0 Å². The Morgan fingerprint density at radius 2 is 1.62 bits per heavy atom. The Labute approximate surface area is 173 Å². The predicted octanol–water partition coefficient (Wildman–Crippen LogP) is 5.77. The highest BCUT2D eigenvalue weighted by Crippen LogP contribution is 2.27. The number of ether oxygens (including phenoxy) is 2. The molecular weight excluding hydrogens is 366 g/mol. The van der Waals surface area contributed by atoms with E-state index in [1.54, 1.807) is 49.4 Å². The minimum atomic E-state index is -0.588. The van der Waals surface area contributed by atoms with E-state index in [1.807, 2.05) is 6.07 Å². The highest BCUT2D eigenvalue weighted by atomic mass is 16.6. The van der Waals surface area contributed by atoms with Crippen molar-refractivity contribution in [3.8, 4) is 11.5 Å². The third-order valence-electron chi connectivity index (χ3n) is 4.52. The molecule has 2 aromatic rings. The van der Waals surface area contributed by atoms with Crippen molar-refractivity contribution in [1.29, 1.82) is 0 Å². The summed E-state index contributed by atoms with van der Waals surface area (Å²) in [7, 11) is 0. The lowest BCUT2D eigenvalue weighted by Crippen LogP contribution is -2.27. The van der Waals surface area contributed by atoms with E-state index in [-0.39, 0.29) is 11.5 Å². The van der Waals surface area contributed by atoms with E-state index in [0.717, 1.165) is 12.8 Å². The molecule has 0 fully saturated rings. The number of carbonyl (C=O) groups excluding carboxylic acids is 2. The molecule has 0 aliphatic rings. The fourth-order valence-electron chi connectivity index (χ4n) is 2.96. The first-order chi connectivity index (χ1) is 14.2. The van der Waals surface area contributed by atoms with Crippen molar-refractivity contribution >= 4 is 11.9 Å². The molecule has 5 nitrogen and oxygen atoms in total. The van der Waals surface area contributed by atoms with Crippen molar-refractivity contribution in [2.75, 3.05) is 13.2 Å². The minimum absolute atomic E-state index is 0.213. The number of hydrogen-bond acceptors (Lipinski definition) is 4. The standard InChI is InChI=1S/C24H31NO4/c1-3-5-6-7-8-12-17-28-20-15-16-22(29-24(27)25-4-2)21(18-20)23(26)19-13-10-9-11-14-19/h9-11,13-16,18H,3-8,12,17H2,1-2H3,(H,25,27). The first kappa shape index (κ1) is 22.5. The molecule has 0 radical (unpaired) electrons. The van der Waals surface area contributed by atoms with Gasteiger partial charge in [-0.05, 0) is 31.5 Å². The van der Waals surface area contributed by atoms with Crippen LogP contribution in [0.2, 0.25) is 0 Å².